The van der Waals surface area contributed by atoms with Crippen LogP contribution in [0, 0.1) is 5.92 Å². The Hall–Kier alpha value is -0.870. The normalized spacial score (nSPS) is 12.0. The first-order valence-corrected chi connectivity index (χ1v) is 9.90. The summed E-state index contributed by atoms with van der Waals surface area (Å²) in [7, 11) is -4.07. The van der Waals surface area contributed by atoms with E-state index in [-0.39, 0.29) is 4.90 Å². The van der Waals surface area contributed by atoms with Gasteiger partial charge in [0.25, 0.3) is 10.1 Å². The summed E-state index contributed by atoms with van der Waals surface area (Å²) in [5, 5.41) is 0. The van der Waals surface area contributed by atoms with Gasteiger partial charge in [-0.25, -0.2) is 0 Å². The third kappa shape index (κ3) is 8.54. The van der Waals surface area contributed by atoms with E-state index >= 15 is 0 Å². The van der Waals surface area contributed by atoms with E-state index in [9.17, 15) is 8.42 Å². The molecular formula is C18H30O3S. The van der Waals surface area contributed by atoms with Crippen molar-refractivity contribution in [3.63, 3.8) is 0 Å². The van der Waals surface area contributed by atoms with Crippen molar-refractivity contribution in [1.29, 1.82) is 0 Å². The fourth-order valence-electron chi connectivity index (χ4n) is 2.59. The Balaban J connectivity index is 2.08. The highest BCUT2D eigenvalue weighted by atomic mass is 32.2. The summed E-state index contributed by atoms with van der Waals surface area (Å²) in [6.45, 7) is 4.56. The molecule has 0 unspecified atom stereocenters. The lowest BCUT2D eigenvalue weighted by molar-refractivity contribution is 0.483. The van der Waals surface area contributed by atoms with Crippen LogP contribution in [0.15, 0.2) is 29.2 Å². The molecule has 22 heavy (non-hydrogen) atoms. The molecule has 1 aromatic rings. The van der Waals surface area contributed by atoms with Crippen LogP contribution in [0.3, 0.4) is 0 Å². The maximum atomic E-state index is 10.9. The average Bonchev–Trinajstić information content (AvgIpc) is 2.45. The highest BCUT2D eigenvalue weighted by molar-refractivity contribution is 7.85. The van der Waals surface area contributed by atoms with E-state index in [1.54, 1.807) is 12.1 Å². The minimum absolute atomic E-state index is 0.0300. The molecule has 0 heterocycles. The van der Waals surface area contributed by atoms with Crippen molar-refractivity contribution in [3.8, 4) is 0 Å². The molecule has 0 fully saturated rings. The van der Waals surface area contributed by atoms with Gasteiger partial charge in [-0.15, -0.1) is 0 Å². The van der Waals surface area contributed by atoms with Crippen LogP contribution in [0.4, 0.5) is 0 Å². The van der Waals surface area contributed by atoms with Crippen molar-refractivity contribution >= 4 is 10.1 Å². The van der Waals surface area contributed by atoms with Gasteiger partial charge in [-0.05, 0) is 36.5 Å². The molecule has 0 radical (unpaired) electrons. The Kier molecular flexibility index (Phi) is 8.72. The number of aryl methyl sites for hydroxylation is 1. The monoisotopic (exact) mass is 326 g/mol. The van der Waals surface area contributed by atoms with E-state index in [4.69, 9.17) is 4.55 Å². The standard InChI is InChI=1S/C18H30O3S/c1-16(2)10-8-6-4-3-5-7-9-11-17-12-14-18(15-13-17)22(19,20)21/h12-16H,3-11H2,1-2H3,(H,19,20,21). The first kappa shape index (κ1) is 19.2. The molecular weight excluding hydrogens is 296 g/mol. The molecule has 0 aliphatic rings. The number of hydrogen-bond donors (Lipinski definition) is 1. The molecule has 126 valence electrons. The Bertz CT molecular complexity index is 504. The van der Waals surface area contributed by atoms with E-state index in [0.29, 0.717) is 0 Å². The van der Waals surface area contributed by atoms with Gasteiger partial charge in [0.15, 0.2) is 0 Å². The minimum atomic E-state index is -4.07. The molecule has 3 nitrogen and oxygen atoms in total. The Morgan fingerprint density at radius 2 is 1.36 bits per heavy atom. The lowest BCUT2D eigenvalue weighted by atomic mass is 10.0. The van der Waals surface area contributed by atoms with Crippen LogP contribution in [-0.4, -0.2) is 13.0 Å². The lowest BCUT2D eigenvalue weighted by Crippen LogP contribution is -1.98. The molecule has 0 atom stereocenters. The molecule has 0 aliphatic carbocycles. The number of hydrogen-bond acceptors (Lipinski definition) is 2. The molecule has 1 aromatic carbocycles. The van der Waals surface area contributed by atoms with Crippen LogP contribution in [0.5, 0.6) is 0 Å². The van der Waals surface area contributed by atoms with Gasteiger partial charge in [0, 0.05) is 0 Å². The topological polar surface area (TPSA) is 54.4 Å². The van der Waals surface area contributed by atoms with Crippen molar-refractivity contribution in [2.75, 3.05) is 0 Å². The van der Waals surface area contributed by atoms with Crippen LogP contribution in [0.25, 0.3) is 0 Å². The summed E-state index contributed by atoms with van der Waals surface area (Å²) in [5.41, 5.74) is 1.13. The minimum Gasteiger partial charge on any atom is -0.282 e. The van der Waals surface area contributed by atoms with E-state index in [2.05, 4.69) is 13.8 Å². The van der Waals surface area contributed by atoms with Gasteiger partial charge < -0.3 is 0 Å². The Labute approximate surface area is 135 Å². The molecule has 0 aliphatic heterocycles. The number of benzene rings is 1. The smallest absolute Gasteiger partial charge is 0.282 e. The quantitative estimate of drug-likeness (QED) is 0.446. The fraction of sp³-hybridized carbons (Fsp3) is 0.667. The van der Waals surface area contributed by atoms with Gasteiger partial charge in [-0.1, -0.05) is 70.9 Å². The van der Waals surface area contributed by atoms with E-state index in [1.807, 2.05) is 0 Å². The zero-order valence-corrected chi connectivity index (χ0v) is 14.7. The van der Waals surface area contributed by atoms with Gasteiger partial charge in [-0.3, -0.25) is 4.55 Å². The Morgan fingerprint density at radius 1 is 0.864 bits per heavy atom. The first-order chi connectivity index (χ1) is 10.4. The largest absolute Gasteiger partial charge is 0.294 e. The number of rotatable bonds is 11. The van der Waals surface area contributed by atoms with Gasteiger partial charge in [0.2, 0.25) is 0 Å². The van der Waals surface area contributed by atoms with Crippen molar-refractivity contribution in [2.24, 2.45) is 5.92 Å². The van der Waals surface area contributed by atoms with Gasteiger partial charge >= 0.3 is 0 Å². The lowest BCUT2D eigenvalue weighted by Gasteiger charge is -2.05. The van der Waals surface area contributed by atoms with E-state index in [1.165, 1.54) is 57.1 Å². The fourth-order valence-corrected chi connectivity index (χ4v) is 3.07. The highest BCUT2D eigenvalue weighted by Crippen LogP contribution is 2.15. The molecule has 1 rings (SSSR count). The van der Waals surface area contributed by atoms with Crippen molar-refractivity contribution in [1.82, 2.24) is 0 Å². The van der Waals surface area contributed by atoms with Gasteiger partial charge in [0.05, 0.1) is 4.90 Å². The average molecular weight is 327 g/mol. The third-order valence-electron chi connectivity index (χ3n) is 3.97. The molecule has 0 spiro atoms. The van der Waals surface area contributed by atoms with Crippen LogP contribution in [-0.2, 0) is 16.5 Å². The maximum Gasteiger partial charge on any atom is 0.294 e. The van der Waals surface area contributed by atoms with E-state index < -0.39 is 10.1 Å². The Morgan fingerprint density at radius 3 is 1.86 bits per heavy atom. The zero-order chi connectivity index (χ0) is 16.4. The van der Waals surface area contributed by atoms with Crippen LogP contribution in [0.1, 0.15) is 70.8 Å². The van der Waals surface area contributed by atoms with Crippen molar-refractivity contribution < 1.29 is 13.0 Å². The second-order valence-corrected chi connectivity index (χ2v) is 7.95. The molecule has 0 bridgehead atoms. The maximum absolute atomic E-state index is 10.9. The summed E-state index contributed by atoms with van der Waals surface area (Å²) >= 11 is 0. The van der Waals surface area contributed by atoms with Crippen molar-refractivity contribution in [3.05, 3.63) is 29.8 Å². The van der Waals surface area contributed by atoms with Gasteiger partial charge in [0.1, 0.15) is 0 Å². The summed E-state index contributed by atoms with van der Waals surface area (Å²) in [6.07, 6.45) is 11.3. The first-order valence-electron chi connectivity index (χ1n) is 8.46. The number of unbranched alkanes of at least 4 members (excludes halogenated alkanes) is 6. The predicted octanol–water partition coefficient (Wildman–Crippen LogP) is 5.25. The molecule has 1 N–H and O–H groups in total. The summed E-state index contributed by atoms with van der Waals surface area (Å²) in [6, 6.07) is 6.52. The van der Waals surface area contributed by atoms with Crippen LogP contribution < -0.4 is 0 Å². The second-order valence-electron chi connectivity index (χ2n) is 6.53. The summed E-state index contributed by atoms with van der Waals surface area (Å²) in [4.78, 5) is -0.0300. The highest BCUT2D eigenvalue weighted by Gasteiger charge is 2.08. The predicted molar refractivity (Wildman–Crippen MR) is 91.7 cm³/mol. The zero-order valence-electron chi connectivity index (χ0n) is 13.9. The SMILES string of the molecule is CC(C)CCCCCCCCCc1ccc(S(=O)(=O)O)cc1. The van der Waals surface area contributed by atoms with Crippen LogP contribution >= 0.6 is 0 Å². The summed E-state index contributed by atoms with van der Waals surface area (Å²) in [5.74, 6) is 0.826. The second kappa shape index (κ2) is 10.0. The molecule has 0 saturated heterocycles. The van der Waals surface area contributed by atoms with E-state index in [0.717, 1.165) is 24.3 Å². The molecule has 0 saturated carbocycles. The van der Waals surface area contributed by atoms with Gasteiger partial charge in [-0.2, -0.15) is 8.42 Å². The molecule has 0 aromatic heterocycles. The summed E-state index contributed by atoms with van der Waals surface area (Å²) < 4.78 is 30.8. The molecule has 0 amide bonds. The van der Waals surface area contributed by atoms with Crippen LogP contribution in [0.2, 0.25) is 0 Å². The van der Waals surface area contributed by atoms with Crippen molar-refractivity contribution in [2.45, 2.75) is 76.5 Å². The third-order valence-corrected chi connectivity index (χ3v) is 4.84. The molecule has 4 heteroatoms.